The van der Waals surface area contributed by atoms with Crippen LogP contribution in [0.25, 0.3) is 0 Å². The van der Waals surface area contributed by atoms with Crippen LogP contribution in [-0.2, 0) is 4.79 Å². The maximum absolute atomic E-state index is 11.5. The quantitative estimate of drug-likeness (QED) is 0.628. The first-order chi connectivity index (χ1) is 7.31. The number of thiazole rings is 1. The van der Waals surface area contributed by atoms with Gasteiger partial charge in [0.15, 0.2) is 5.13 Å². The first kappa shape index (κ1) is 11.3. The van der Waals surface area contributed by atoms with Gasteiger partial charge in [0.2, 0.25) is 0 Å². The standard InChI is InChI=1S/C10H13IN2OS/c11-7-9(14)8-1-4-13(5-2-8)10-12-3-6-15-10/h3,6,8H,1-2,4-5,7H2. The van der Waals surface area contributed by atoms with E-state index in [1.807, 2.05) is 11.6 Å². The predicted molar refractivity (Wildman–Crippen MR) is 70.9 cm³/mol. The Kier molecular flexibility index (Phi) is 3.96. The van der Waals surface area contributed by atoms with Crippen molar-refractivity contribution in [1.29, 1.82) is 0 Å². The number of halogens is 1. The number of Topliss-reactive ketones (excluding diaryl/α,β-unsaturated/α-hetero) is 1. The number of carbonyl (C=O) groups is 1. The molecule has 0 saturated carbocycles. The van der Waals surface area contributed by atoms with Crippen LogP contribution in [0.2, 0.25) is 0 Å². The Hall–Kier alpha value is -0.170. The highest BCUT2D eigenvalue weighted by Crippen LogP contribution is 2.25. The van der Waals surface area contributed by atoms with Crippen molar-refractivity contribution in [1.82, 2.24) is 4.98 Å². The molecule has 0 unspecified atom stereocenters. The summed E-state index contributed by atoms with van der Waals surface area (Å²) in [6.07, 6.45) is 3.81. The van der Waals surface area contributed by atoms with E-state index >= 15 is 0 Å². The zero-order valence-electron chi connectivity index (χ0n) is 8.36. The smallest absolute Gasteiger partial charge is 0.185 e. The molecule has 2 heterocycles. The predicted octanol–water partition coefficient (Wildman–Crippen LogP) is 2.36. The van der Waals surface area contributed by atoms with Crippen molar-refractivity contribution >= 4 is 44.8 Å². The number of alkyl halides is 1. The fraction of sp³-hybridized carbons (Fsp3) is 0.600. The van der Waals surface area contributed by atoms with E-state index < -0.39 is 0 Å². The van der Waals surface area contributed by atoms with Gasteiger partial charge in [0.05, 0.1) is 4.43 Å². The molecular weight excluding hydrogens is 323 g/mol. The van der Waals surface area contributed by atoms with Gasteiger partial charge in [0.1, 0.15) is 5.78 Å². The first-order valence-electron chi connectivity index (χ1n) is 5.04. The molecule has 0 atom stereocenters. The zero-order chi connectivity index (χ0) is 10.7. The van der Waals surface area contributed by atoms with Crippen LogP contribution in [0, 0.1) is 5.92 Å². The number of carbonyl (C=O) groups excluding carboxylic acids is 1. The van der Waals surface area contributed by atoms with Crippen molar-refractivity contribution in [2.24, 2.45) is 5.92 Å². The third kappa shape index (κ3) is 2.69. The molecule has 0 amide bonds. The molecule has 2 rings (SSSR count). The number of anilines is 1. The van der Waals surface area contributed by atoms with Crippen molar-refractivity contribution < 1.29 is 4.79 Å². The summed E-state index contributed by atoms with van der Waals surface area (Å²) in [5, 5.41) is 3.09. The van der Waals surface area contributed by atoms with Crippen LogP contribution >= 0.6 is 33.9 Å². The summed E-state index contributed by atoms with van der Waals surface area (Å²) in [6, 6.07) is 0. The van der Waals surface area contributed by atoms with E-state index in [9.17, 15) is 4.79 Å². The second-order valence-electron chi connectivity index (χ2n) is 3.68. The number of rotatable bonds is 3. The third-order valence-corrected chi connectivity index (χ3v) is 4.36. The van der Waals surface area contributed by atoms with Gasteiger partial charge in [0, 0.05) is 30.6 Å². The lowest BCUT2D eigenvalue weighted by Gasteiger charge is -2.30. The van der Waals surface area contributed by atoms with E-state index in [1.165, 1.54) is 0 Å². The van der Waals surface area contributed by atoms with E-state index in [1.54, 1.807) is 11.3 Å². The summed E-state index contributed by atoms with van der Waals surface area (Å²) in [5.74, 6) is 0.701. The average molecular weight is 336 g/mol. The van der Waals surface area contributed by atoms with Gasteiger partial charge in [-0.2, -0.15) is 0 Å². The second-order valence-corrected chi connectivity index (χ2v) is 5.31. The lowest BCUT2D eigenvalue weighted by atomic mass is 9.94. The summed E-state index contributed by atoms with van der Waals surface area (Å²) in [5.41, 5.74) is 0. The molecule has 1 aromatic rings. The molecule has 1 saturated heterocycles. The first-order valence-corrected chi connectivity index (χ1v) is 7.45. The topological polar surface area (TPSA) is 33.2 Å². The molecule has 0 spiro atoms. The number of piperidine rings is 1. The van der Waals surface area contributed by atoms with Crippen LogP contribution in [0.3, 0.4) is 0 Å². The molecule has 0 aromatic carbocycles. The minimum absolute atomic E-state index is 0.290. The molecule has 5 heteroatoms. The zero-order valence-corrected chi connectivity index (χ0v) is 11.3. The fourth-order valence-electron chi connectivity index (χ4n) is 1.87. The van der Waals surface area contributed by atoms with Crippen LogP contribution in [0.15, 0.2) is 11.6 Å². The van der Waals surface area contributed by atoms with Crippen LogP contribution in [0.1, 0.15) is 12.8 Å². The monoisotopic (exact) mass is 336 g/mol. The summed E-state index contributed by atoms with van der Waals surface area (Å²) in [4.78, 5) is 18.1. The normalized spacial score (nSPS) is 18.1. The van der Waals surface area contributed by atoms with E-state index in [-0.39, 0.29) is 5.92 Å². The lowest BCUT2D eigenvalue weighted by molar-refractivity contribution is -0.120. The summed E-state index contributed by atoms with van der Waals surface area (Å²) >= 11 is 3.83. The summed E-state index contributed by atoms with van der Waals surface area (Å²) in [7, 11) is 0. The number of aromatic nitrogens is 1. The highest BCUT2D eigenvalue weighted by Gasteiger charge is 2.24. The SMILES string of the molecule is O=C(CI)C1CCN(c2nccs2)CC1. The van der Waals surface area contributed by atoms with E-state index in [0.29, 0.717) is 10.2 Å². The molecule has 1 aliphatic rings. The minimum Gasteiger partial charge on any atom is -0.348 e. The van der Waals surface area contributed by atoms with Crippen molar-refractivity contribution in [3.63, 3.8) is 0 Å². The number of nitrogens with zero attached hydrogens (tertiary/aromatic N) is 2. The van der Waals surface area contributed by atoms with Crippen molar-refractivity contribution in [3.8, 4) is 0 Å². The minimum atomic E-state index is 0.290. The molecule has 0 N–H and O–H groups in total. The van der Waals surface area contributed by atoms with Crippen molar-refractivity contribution in [2.75, 3.05) is 22.4 Å². The summed E-state index contributed by atoms with van der Waals surface area (Å²) < 4.78 is 0.652. The van der Waals surface area contributed by atoms with Gasteiger partial charge >= 0.3 is 0 Å². The van der Waals surface area contributed by atoms with Gasteiger partial charge in [-0.3, -0.25) is 4.79 Å². The highest BCUT2D eigenvalue weighted by atomic mass is 127. The van der Waals surface area contributed by atoms with Gasteiger partial charge in [-0.1, -0.05) is 22.6 Å². The molecular formula is C10H13IN2OS. The molecule has 3 nitrogen and oxygen atoms in total. The Labute approximate surface area is 107 Å². The van der Waals surface area contributed by atoms with E-state index in [4.69, 9.17) is 0 Å². The van der Waals surface area contributed by atoms with E-state index in [0.717, 1.165) is 31.1 Å². The molecule has 15 heavy (non-hydrogen) atoms. The number of ketones is 1. The molecule has 1 fully saturated rings. The van der Waals surface area contributed by atoms with Crippen LogP contribution in [0.5, 0.6) is 0 Å². The van der Waals surface area contributed by atoms with E-state index in [2.05, 4.69) is 32.5 Å². The van der Waals surface area contributed by atoms with Gasteiger partial charge < -0.3 is 4.90 Å². The van der Waals surface area contributed by atoms with Crippen LogP contribution in [-0.4, -0.2) is 28.3 Å². The molecule has 82 valence electrons. The van der Waals surface area contributed by atoms with Gasteiger partial charge in [-0.25, -0.2) is 4.98 Å². The third-order valence-electron chi connectivity index (χ3n) is 2.77. The molecule has 1 aliphatic heterocycles. The molecule has 0 radical (unpaired) electrons. The number of hydrogen-bond acceptors (Lipinski definition) is 4. The largest absolute Gasteiger partial charge is 0.348 e. The Bertz CT molecular complexity index is 320. The fourth-order valence-corrected chi connectivity index (χ4v) is 3.19. The Balaban J connectivity index is 1.90. The average Bonchev–Trinajstić information content (AvgIpc) is 2.82. The lowest BCUT2D eigenvalue weighted by Crippen LogP contribution is -2.36. The number of hydrogen-bond donors (Lipinski definition) is 0. The maximum Gasteiger partial charge on any atom is 0.185 e. The van der Waals surface area contributed by atoms with Crippen molar-refractivity contribution in [3.05, 3.63) is 11.6 Å². The Morgan fingerprint density at radius 3 is 2.87 bits per heavy atom. The molecule has 0 bridgehead atoms. The van der Waals surface area contributed by atoms with Crippen LogP contribution in [0.4, 0.5) is 5.13 Å². The van der Waals surface area contributed by atoms with Gasteiger partial charge in [-0.15, -0.1) is 11.3 Å². The molecule has 1 aromatic heterocycles. The second kappa shape index (κ2) is 5.25. The van der Waals surface area contributed by atoms with Crippen LogP contribution < -0.4 is 4.90 Å². The summed E-state index contributed by atoms with van der Waals surface area (Å²) in [6.45, 7) is 1.95. The Morgan fingerprint density at radius 1 is 1.60 bits per heavy atom. The highest BCUT2D eigenvalue weighted by molar-refractivity contribution is 14.1. The van der Waals surface area contributed by atoms with Gasteiger partial charge in [-0.05, 0) is 12.8 Å². The van der Waals surface area contributed by atoms with Gasteiger partial charge in [0.25, 0.3) is 0 Å². The molecule has 0 aliphatic carbocycles. The Morgan fingerprint density at radius 2 is 2.33 bits per heavy atom. The van der Waals surface area contributed by atoms with Crippen molar-refractivity contribution in [2.45, 2.75) is 12.8 Å². The maximum atomic E-state index is 11.5.